The fourth-order valence-electron chi connectivity index (χ4n) is 0.200. The maximum atomic E-state index is 8.35. The molecule has 0 unspecified atom stereocenters. The van der Waals surface area contributed by atoms with E-state index < -0.39 is 10.8 Å². The van der Waals surface area contributed by atoms with E-state index in [1.165, 1.54) is 6.08 Å². The van der Waals surface area contributed by atoms with Crippen LogP contribution in [-0.4, -0.2) is 9.11 Å². The summed E-state index contributed by atoms with van der Waals surface area (Å²) in [4.78, 5) is 0. The van der Waals surface area contributed by atoms with Crippen molar-refractivity contribution in [2.75, 3.05) is 0 Å². The Morgan fingerprint density at radius 3 is 1.78 bits per heavy atom. The van der Waals surface area contributed by atoms with Crippen molar-refractivity contribution in [2.45, 2.75) is 6.92 Å². The molecular formula is C5H13NO2S. The molecule has 0 spiro atoms. The lowest BCUT2D eigenvalue weighted by atomic mass is 10.8. The maximum Gasteiger partial charge on any atom is 0.0343 e. The van der Waals surface area contributed by atoms with Gasteiger partial charge in [0, 0.05) is 5.41 Å². The Bertz CT molecular complexity index is 87.4. The zero-order chi connectivity index (χ0) is 7.91. The second-order valence-corrected chi connectivity index (χ2v) is 2.66. The third-order valence-electron chi connectivity index (χ3n) is 0.336. The van der Waals surface area contributed by atoms with Gasteiger partial charge in [-0.05, 0) is 6.92 Å². The van der Waals surface area contributed by atoms with Gasteiger partial charge in [0.1, 0.15) is 0 Å². The summed E-state index contributed by atoms with van der Waals surface area (Å²) in [5.74, 6) is 0. The Morgan fingerprint density at radius 2 is 1.78 bits per heavy atom. The number of allylic oxidation sites excluding steroid dienone is 1. The second kappa shape index (κ2) is 5.84. The molecule has 0 fully saturated rings. The molecule has 56 valence electrons. The molecule has 0 heterocycles. The molecule has 0 atom stereocenters. The summed E-state index contributed by atoms with van der Waals surface area (Å²) in [5.41, 5.74) is 0. The summed E-state index contributed by atoms with van der Waals surface area (Å²) in [7, 11) is -2.85. The summed E-state index contributed by atoms with van der Waals surface area (Å²) < 4.78 is 16.7. The molecule has 0 amide bonds. The highest BCUT2D eigenvalue weighted by Gasteiger charge is 1.91. The van der Waals surface area contributed by atoms with Crippen molar-refractivity contribution < 1.29 is 9.11 Å². The summed E-state index contributed by atoms with van der Waals surface area (Å²) in [6, 6.07) is 0. The van der Waals surface area contributed by atoms with Gasteiger partial charge < -0.3 is 0 Å². The lowest BCUT2D eigenvalue weighted by Gasteiger charge is -2.19. The maximum absolute atomic E-state index is 8.35. The van der Waals surface area contributed by atoms with Gasteiger partial charge in [-0.2, -0.15) is 0 Å². The molecule has 0 aliphatic heterocycles. The molecule has 0 aromatic heterocycles. The monoisotopic (exact) mass is 151 g/mol. The van der Waals surface area contributed by atoms with Gasteiger partial charge in [-0.25, -0.2) is 5.14 Å². The number of nitrogens with two attached hydrogens (primary N) is 1. The van der Waals surface area contributed by atoms with Gasteiger partial charge >= 0.3 is 0 Å². The zero-order valence-electron chi connectivity index (χ0n) is 5.45. The number of hydrogen-bond donors (Lipinski definition) is 3. The van der Waals surface area contributed by atoms with Crippen LogP contribution in [0.3, 0.4) is 0 Å². The highest BCUT2D eigenvalue weighted by molar-refractivity contribution is 8.24. The first-order chi connectivity index (χ1) is 4.06. The third kappa shape index (κ3) is 18.3. The molecule has 0 rings (SSSR count). The fraction of sp³-hybridized carbons (Fsp3) is 0.200. The molecule has 4 heteroatoms. The topological polar surface area (TPSA) is 66.5 Å². The molecule has 9 heavy (non-hydrogen) atoms. The van der Waals surface area contributed by atoms with E-state index in [1.807, 2.05) is 0 Å². The van der Waals surface area contributed by atoms with Crippen LogP contribution in [0.25, 0.3) is 0 Å². The average Bonchev–Trinajstić information content (AvgIpc) is 1.69. The first-order valence-electron chi connectivity index (χ1n) is 2.25. The molecular weight excluding hydrogens is 138 g/mol. The van der Waals surface area contributed by atoms with E-state index >= 15 is 0 Å². The van der Waals surface area contributed by atoms with E-state index in [1.54, 1.807) is 6.92 Å². The van der Waals surface area contributed by atoms with Crippen LogP contribution in [0.1, 0.15) is 6.92 Å². The van der Waals surface area contributed by atoms with Gasteiger partial charge in [-0.3, -0.25) is 9.11 Å². The molecule has 0 radical (unpaired) electrons. The molecule has 0 aliphatic carbocycles. The van der Waals surface area contributed by atoms with Crippen molar-refractivity contribution in [3.05, 3.63) is 24.6 Å². The van der Waals surface area contributed by atoms with Gasteiger partial charge in [0.05, 0.1) is 0 Å². The van der Waals surface area contributed by atoms with Crippen LogP contribution < -0.4 is 5.14 Å². The summed E-state index contributed by atoms with van der Waals surface area (Å²) in [6.45, 7) is 7.67. The Kier molecular flexibility index (Phi) is 7.46. The SMILES string of the molecule is C/C=C/S(N)(O)O.C=C. The number of hydrogen-bond acceptors (Lipinski definition) is 3. The molecule has 0 saturated heterocycles. The highest BCUT2D eigenvalue weighted by Crippen LogP contribution is 2.28. The average molecular weight is 151 g/mol. The van der Waals surface area contributed by atoms with Crippen molar-refractivity contribution in [2.24, 2.45) is 5.14 Å². The molecule has 0 saturated carbocycles. The Balaban J connectivity index is 0. The van der Waals surface area contributed by atoms with Gasteiger partial charge in [0.25, 0.3) is 0 Å². The predicted octanol–water partition coefficient (Wildman–Crippen LogP) is 1.95. The molecule has 0 aliphatic rings. The first kappa shape index (κ1) is 11.5. The van der Waals surface area contributed by atoms with Gasteiger partial charge in [0.2, 0.25) is 0 Å². The zero-order valence-corrected chi connectivity index (χ0v) is 6.27. The van der Waals surface area contributed by atoms with Crippen molar-refractivity contribution in [1.29, 1.82) is 0 Å². The minimum Gasteiger partial charge on any atom is -0.282 e. The van der Waals surface area contributed by atoms with Gasteiger partial charge in [0.15, 0.2) is 0 Å². The normalized spacial score (nSPS) is 12.4. The Morgan fingerprint density at radius 1 is 1.44 bits per heavy atom. The largest absolute Gasteiger partial charge is 0.282 e. The van der Waals surface area contributed by atoms with Crippen LogP contribution in [-0.2, 0) is 0 Å². The van der Waals surface area contributed by atoms with E-state index in [0.717, 1.165) is 5.41 Å². The van der Waals surface area contributed by atoms with Crippen molar-refractivity contribution in [1.82, 2.24) is 0 Å². The van der Waals surface area contributed by atoms with E-state index in [-0.39, 0.29) is 0 Å². The second-order valence-electron chi connectivity index (χ2n) is 1.11. The van der Waals surface area contributed by atoms with Crippen molar-refractivity contribution in [3.63, 3.8) is 0 Å². The van der Waals surface area contributed by atoms with Crippen LogP contribution in [0, 0.1) is 0 Å². The third-order valence-corrected chi connectivity index (χ3v) is 1.01. The summed E-state index contributed by atoms with van der Waals surface area (Å²) >= 11 is 0. The van der Waals surface area contributed by atoms with Crippen LogP contribution in [0.5, 0.6) is 0 Å². The molecule has 3 nitrogen and oxygen atoms in total. The predicted molar refractivity (Wildman–Crippen MR) is 43.1 cm³/mol. The first-order valence-corrected chi connectivity index (χ1v) is 3.92. The van der Waals surface area contributed by atoms with Gasteiger partial charge in [-0.15, -0.1) is 23.9 Å². The minimum atomic E-state index is -2.85. The molecule has 4 N–H and O–H groups in total. The van der Waals surface area contributed by atoms with Crippen LogP contribution in [0.15, 0.2) is 24.6 Å². The van der Waals surface area contributed by atoms with Crippen LogP contribution >= 0.6 is 10.8 Å². The fourth-order valence-corrected chi connectivity index (χ4v) is 0.601. The minimum absolute atomic E-state index is 1.16. The highest BCUT2D eigenvalue weighted by atomic mass is 32.3. The molecule has 0 aromatic rings. The van der Waals surface area contributed by atoms with E-state index in [4.69, 9.17) is 14.2 Å². The van der Waals surface area contributed by atoms with Crippen molar-refractivity contribution in [3.8, 4) is 0 Å². The van der Waals surface area contributed by atoms with E-state index in [2.05, 4.69) is 13.2 Å². The van der Waals surface area contributed by atoms with E-state index in [0.29, 0.717) is 0 Å². The summed E-state index contributed by atoms with van der Waals surface area (Å²) in [5, 5.41) is 5.91. The lowest BCUT2D eigenvalue weighted by Crippen LogP contribution is -2.02. The smallest absolute Gasteiger partial charge is 0.0343 e. The Labute approximate surface area is 57.4 Å². The van der Waals surface area contributed by atoms with Crippen LogP contribution in [0.2, 0.25) is 0 Å². The molecule has 0 bridgehead atoms. The number of rotatable bonds is 1. The van der Waals surface area contributed by atoms with Gasteiger partial charge in [-0.1, -0.05) is 6.08 Å². The standard InChI is InChI=1S/C3H9NO2S.C2H4/c1-2-3-7(4,5)6;1-2/h2-3,5-6H,4H2,1H3;1-2H2/b3-2+;. The van der Waals surface area contributed by atoms with Crippen LogP contribution in [0.4, 0.5) is 0 Å². The van der Waals surface area contributed by atoms with Crippen molar-refractivity contribution >= 4 is 10.8 Å². The quantitative estimate of drug-likeness (QED) is 0.502. The lowest BCUT2D eigenvalue weighted by molar-refractivity contribution is 0.501. The Hall–Kier alpha value is -0.290. The summed E-state index contributed by atoms with van der Waals surface area (Å²) in [6.07, 6.45) is 1.50. The van der Waals surface area contributed by atoms with E-state index in [9.17, 15) is 0 Å². The molecule has 0 aromatic carbocycles.